The third kappa shape index (κ3) is 3.82. The molecule has 1 atom stereocenters. The van der Waals surface area contributed by atoms with Crippen molar-refractivity contribution in [3.05, 3.63) is 42.1 Å². The molecular formula is C17H23N3O3. The standard InChI is InChI=1S/C17H23N3O3/c1-19-14(8-9-18-19)12-22-13-17(21)20-10-4-2-3-6-15(20)16-7-5-11-23-16/h5,7-9,11,15H,2-4,6,10,12-13H2,1H3. The quantitative estimate of drug-likeness (QED) is 0.850. The number of ether oxygens (including phenoxy) is 1. The first-order valence-corrected chi connectivity index (χ1v) is 8.13. The topological polar surface area (TPSA) is 60.5 Å². The summed E-state index contributed by atoms with van der Waals surface area (Å²) in [5, 5.41) is 4.09. The lowest BCUT2D eigenvalue weighted by molar-refractivity contribution is -0.139. The monoisotopic (exact) mass is 317 g/mol. The molecule has 0 aromatic carbocycles. The van der Waals surface area contributed by atoms with Gasteiger partial charge in [-0.2, -0.15) is 5.10 Å². The molecule has 0 spiro atoms. The van der Waals surface area contributed by atoms with Crippen LogP contribution in [0.5, 0.6) is 0 Å². The number of furan rings is 1. The van der Waals surface area contributed by atoms with Gasteiger partial charge in [-0.3, -0.25) is 9.48 Å². The molecule has 0 N–H and O–H groups in total. The zero-order valence-corrected chi connectivity index (χ0v) is 13.5. The van der Waals surface area contributed by atoms with E-state index < -0.39 is 0 Å². The molecule has 6 heteroatoms. The number of carbonyl (C=O) groups excluding carboxylic acids is 1. The minimum Gasteiger partial charge on any atom is -0.467 e. The molecule has 0 bridgehead atoms. The van der Waals surface area contributed by atoms with Crippen LogP contribution in [0.3, 0.4) is 0 Å². The van der Waals surface area contributed by atoms with Gasteiger partial charge in [0.1, 0.15) is 12.4 Å². The molecule has 0 radical (unpaired) electrons. The van der Waals surface area contributed by atoms with Crippen molar-refractivity contribution >= 4 is 5.91 Å². The fourth-order valence-electron chi connectivity index (χ4n) is 3.05. The highest BCUT2D eigenvalue weighted by atomic mass is 16.5. The summed E-state index contributed by atoms with van der Waals surface area (Å²) >= 11 is 0. The number of likely N-dealkylation sites (tertiary alicyclic amines) is 1. The molecule has 1 fully saturated rings. The van der Waals surface area contributed by atoms with Crippen LogP contribution in [0.4, 0.5) is 0 Å². The Hall–Kier alpha value is -2.08. The average molecular weight is 317 g/mol. The number of nitrogens with zero attached hydrogens (tertiary/aromatic N) is 3. The third-order valence-electron chi connectivity index (χ3n) is 4.34. The Morgan fingerprint density at radius 2 is 2.30 bits per heavy atom. The molecule has 6 nitrogen and oxygen atoms in total. The van der Waals surface area contributed by atoms with Crippen molar-refractivity contribution in [2.75, 3.05) is 13.2 Å². The molecule has 1 aliphatic rings. The normalized spacial score (nSPS) is 18.8. The zero-order valence-electron chi connectivity index (χ0n) is 13.5. The van der Waals surface area contributed by atoms with Gasteiger partial charge in [0.2, 0.25) is 5.91 Å². The van der Waals surface area contributed by atoms with E-state index in [4.69, 9.17) is 9.15 Å². The van der Waals surface area contributed by atoms with Crippen LogP contribution in [0.1, 0.15) is 43.2 Å². The van der Waals surface area contributed by atoms with Crippen molar-refractivity contribution in [3.63, 3.8) is 0 Å². The van der Waals surface area contributed by atoms with Crippen LogP contribution in [0.2, 0.25) is 0 Å². The Morgan fingerprint density at radius 3 is 3.04 bits per heavy atom. The van der Waals surface area contributed by atoms with E-state index in [1.54, 1.807) is 17.1 Å². The van der Waals surface area contributed by atoms with Gasteiger partial charge in [-0.15, -0.1) is 0 Å². The fourth-order valence-corrected chi connectivity index (χ4v) is 3.05. The van der Waals surface area contributed by atoms with Crippen LogP contribution in [0, 0.1) is 0 Å². The maximum atomic E-state index is 12.6. The predicted molar refractivity (Wildman–Crippen MR) is 84.5 cm³/mol. The number of rotatable bonds is 5. The lowest BCUT2D eigenvalue weighted by Crippen LogP contribution is -2.37. The summed E-state index contributed by atoms with van der Waals surface area (Å²) in [5.41, 5.74) is 0.955. The van der Waals surface area contributed by atoms with Crippen molar-refractivity contribution in [3.8, 4) is 0 Å². The fraction of sp³-hybridized carbons (Fsp3) is 0.529. The molecule has 3 rings (SSSR count). The van der Waals surface area contributed by atoms with E-state index in [1.807, 2.05) is 30.1 Å². The molecule has 1 amide bonds. The maximum absolute atomic E-state index is 12.6. The lowest BCUT2D eigenvalue weighted by atomic mass is 10.1. The van der Waals surface area contributed by atoms with Gasteiger partial charge >= 0.3 is 0 Å². The van der Waals surface area contributed by atoms with Gasteiger partial charge < -0.3 is 14.1 Å². The summed E-state index contributed by atoms with van der Waals surface area (Å²) in [5.74, 6) is 0.891. The van der Waals surface area contributed by atoms with Gasteiger partial charge in [-0.25, -0.2) is 0 Å². The van der Waals surface area contributed by atoms with Crippen molar-refractivity contribution in [2.45, 2.75) is 38.3 Å². The first kappa shape index (κ1) is 15.8. The van der Waals surface area contributed by atoms with Gasteiger partial charge in [0.15, 0.2) is 0 Å². The molecule has 2 aromatic rings. The molecule has 2 aromatic heterocycles. The number of amides is 1. The summed E-state index contributed by atoms with van der Waals surface area (Å²) in [7, 11) is 1.86. The van der Waals surface area contributed by atoms with Crippen LogP contribution in [-0.2, 0) is 23.2 Å². The molecule has 0 aliphatic carbocycles. The molecule has 1 aliphatic heterocycles. The SMILES string of the molecule is Cn1nccc1COCC(=O)N1CCCCCC1c1ccco1. The van der Waals surface area contributed by atoms with Gasteiger partial charge in [0.25, 0.3) is 0 Å². The first-order valence-electron chi connectivity index (χ1n) is 8.13. The third-order valence-corrected chi connectivity index (χ3v) is 4.34. The summed E-state index contributed by atoms with van der Waals surface area (Å²) in [4.78, 5) is 14.5. The lowest BCUT2D eigenvalue weighted by Gasteiger charge is -2.28. The first-order chi connectivity index (χ1) is 11.3. The molecule has 0 saturated carbocycles. The average Bonchev–Trinajstić information content (AvgIpc) is 3.14. The Balaban J connectivity index is 1.60. The molecule has 3 heterocycles. The van der Waals surface area contributed by atoms with Crippen LogP contribution in [0.25, 0.3) is 0 Å². The van der Waals surface area contributed by atoms with E-state index in [2.05, 4.69) is 5.10 Å². The Kier molecular flexibility index (Phi) is 5.12. The molecule has 23 heavy (non-hydrogen) atoms. The number of aryl methyl sites for hydroxylation is 1. The number of carbonyl (C=O) groups is 1. The highest BCUT2D eigenvalue weighted by Crippen LogP contribution is 2.30. The minimum atomic E-state index is 0.0236. The van der Waals surface area contributed by atoms with Gasteiger partial charge in [0.05, 0.1) is 24.6 Å². The highest BCUT2D eigenvalue weighted by molar-refractivity contribution is 5.78. The maximum Gasteiger partial charge on any atom is 0.249 e. The van der Waals surface area contributed by atoms with Crippen molar-refractivity contribution in [1.82, 2.24) is 14.7 Å². The Bertz CT molecular complexity index is 621. The zero-order chi connectivity index (χ0) is 16.1. The van der Waals surface area contributed by atoms with Gasteiger partial charge in [0, 0.05) is 19.8 Å². The van der Waals surface area contributed by atoms with Crippen LogP contribution in [0.15, 0.2) is 35.1 Å². The second kappa shape index (κ2) is 7.46. The largest absolute Gasteiger partial charge is 0.467 e. The summed E-state index contributed by atoms with van der Waals surface area (Å²) in [6.07, 6.45) is 7.64. The second-order valence-corrected chi connectivity index (χ2v) is 5.91. The Morgan fingerprint density at radius 1 is 1.39 bits per heavy atom. The molecule has 124 valence electrons. The van der Waals surface area contributed by atoms with Gasteiger partial charge in [-0.1, -0.05) is 12.8 Å². The van der Waals surface area contributed by atoms with Crippen LogP contribution >= 0.6 is 0 Å². The predicted octanol–water partition coefficient (Wildman–Crippen LogP) is 2.67. The second-order valence-electron chi connectivity index (χ2n) is 5.91. The van der Waals surface area contributed by atoms with E-state index in [1.165, 1.54) is 0 Å². The summed E-state index contributed by atoms with van der Waals surface area (Å²) in [6, 6.07) is 5.75. The summed E-state index contributed by atoms with van der Waals surface area (Å²) in [6.45, 7) is 1.24. The molecular weight excluding hydrogens is 294 g/mol. The smallest absolute Gasteiger partial charge is 0.249 e. The minimum absolute atomic E-state index is 0.0236. The van der Waals surface area contributed by atoms with Crippen LogP contribution in [-0.4, -0.2) is 33.7 Å². The van der Waals surface area contributed by atoms with E-state index in [0.717, 1.165) is 43.7 Å². The van der Waals surface area contributed by atoms with Crippen molar-refractivity contribution < 1.29 is 13.9 Å². The van der Waals surface area contributed by atoms with Crippen LogP contribution < -0.4 is 0 Å². The number of hydrogen-bond acceptors (Lipinski definition) is 4. The van der Waals surface area contributed by atoms with E-state index in [-0.39, 0.29) is 18.6 Å². The van der Waals surface area contributed by atoms with E-state index in [9.17, 15) is 4.79 Å². The molecule has 1 saturated heterocycles. The summed E-state index contributed by atoms with van der Waals surface area (Å²) < 4.78 is 12.9. The number of aromatic nitrogens is 2. The Labute approximate surface area is 136 Å². The van der Waals surface area contributed by atoms with E-state index >= 15 is 0 Å². The van der Waals surface area contributed by atoms with Crippen molar-refractivity contribution in [1.29, 1.82) is 0 Å². The van der Waals surface area contributed by atoms with Gasteiger partial charge in [-0.05, 0) is 31.0 Å². The number of hydrogen-bond donors (Lipinski definition) is 0. The van der Waals surface area contributed by atoms with E-state index in [0.29, 0.717) is 6.61 Å². The highest BCUT2D eigenvalue weighted by Gasteiger charge is 2.28. The molecule has 1 unspecified atom stereocenters. The van der Waals surface area contributed by atoms with Crippen molar-refractivity contribution in [2.24, 2.45) is 7.05 Å².